The molecule has 0 saturated carbocycles. The minimum Gasteiger partial charge on any atom is -0.493 e. The number of carbonyl (C=O) groups is 1. The molecule has 0 unspecified atom stereocenters. The highest BCUT2D eigenvalue weighted by Crippen LogP contribution is 2.31. The zero-order valence-corrected chi connectivity index (χ0v) is 20.1. The molecule has 178 valence electrons. The van der Waals surface area contributed by atoms with Gasteiger partial charge in [-0.05, 0) is 28.8 Å². The number of rotatable bonds is 7. The Morgan fingerprint density at radius 1 is 0.794 bits per heavy atom. The smallest absolute Gasteiger partial charge is 0.243 e. The molecule has 4 rings (SSSR count). The third kappa shape index (κ3) is 5.08. The fourth-order valence-electron chi connectivity index (χ4n) is 4.04. The lowest BCUT2D eigenvalue weighted by Gasteiger charge is -2.34. The molecule has 8 heteroatoms. The number of ether oxygens (including phenoxy) is 2. The van der Waals surface area contributed by atoms with Crippen molar-refractivity contribution in [2.24, 2.45) is 0 Å². The quantitative estimate of drug-likeness (QED) is 0.518. The predicted molar refractivity (Wildman–Crippen MR) is 130 cm³/mol. The van der Waals surface area contributed by atoms with Gasteiger partial charge in [0.05, 0.1) is 25.5 Å². The van der Waals surface area contributed by atoms with Crippen LogP contribution in [0.3, 0.4) is 0 Å². The Kier molecular flexibility index (Phi) is 7.19. The highest BCUT2D eigenvalue weighted by atomic mass is 32.2. The highest BCUT2D eigenvalue weighted by molar-refractivity contribution is 7.89. The fraction of sp³-hybridized carbons (Fsp3) is 0.269. The van der Waals surface area contributed by atoms with E-state index in [9.17, 15) is 13.2 Å². The second-order valence-electron chi connectivity index (χ2n) is 8.04. The summed E-state index contributed by atoms with van der Waals surface area (Å²) in [5, 5.41) is 0. The van der Waals surface area contributed by atoms with Crippen molar-refractivity contribution < 1.29 is 22.7 Å². The van der Waals surface area contributed by atoms with Crippen LogP contribution in [-0.2, 0) is 21.2 Å². The molecule has 0 bridgehead atoms. The van der Waals surface area contributed by atoms with E-state index in [1.54, 1.807) is 11.0 Å². The number of piperazine rings is 1. The van der Waals surface area contributed by atoms with Crippen LogP contribution in [0.5, 0.6) is 11.5 Å². The van der Waals surface area contributed by atoms with Gasteiger partial charge in [-0.1, -0.05) is 54.6 Å². The first-order chi connectivity index (χ1) is 16.4. The van der Waals surface area contributed by atoms with Crippen LogP contribution in [0.15, 0.2) is 77.7 Å². The molecule has 0 N–H and O–H groups in total. The summed E-state index contributed by atoms with van der Waals surface area (Å²) in [5.74, 6) is 0.819. The van der Waals surface area contributed by atoms with Crippen molar-refractivity contribution in [1.29, 1.82) is 0 Å². The van der Waals surface area contributed by atoms with Crippen LogP contribution in [0.4, 0.5) is 0 Å². The zero-order valence-electron chi connectivity index (χ0n) is 19.3. The van der Waals surface area contributed by atoms with Gasteiger partial charge >= 0.3 is 0 Å². The van der Waals surface area contributed by atoms with Gasteiger partial charge in [0.25, 0.3) is 0 Å². The summed E-state index contributed by atoms with van der Waals surface area (Å²) in [5.41, 5.74) is 3.17. The predicted octanol–water partition coefficient (Wildman–Crippen LogP) is 3.45. The Balaban J connectivity index is 1.36. The third-order valence-corrected chi connectivity index (χ3v) is 7.90. The number of sulfonamides is 1. The summed E-state index contributed by atoms with van der Waals surface area (Å²) < 4.78 is 38.0. The number of carbonyl (C=O) groups excluding carboxylic acids is 1. The van der Waals surface area contributed by atoms with E-state index < -0.39 is 10.0 Å². The lowest BCUT2D eigenvalue weighted by atomic mass is 10.0. The maximum Gasteiger partial charge on any atom is 0.243 e. The first kappa shape index (κ1) is 23.8. The van der Waals surface area contributed by atoms with E-state index in [2.05, 4.69) is 12.1 Å². The van der Waals surface area contributed by atoms with E-state index in [0.717, 1.165) is 16.7 Å². The molecule has 1 saturated heterocycles. The van der Waals surface area contributed by atoms with Gasteiger partial charge in [-0.25, -0.2) is 8.42 Å². The molecule has 0 aliphatic carbocycles. The van der Waals surface area contributed by atoms with Crippen LogP contribution >= 0.6 is 0 Å². The van der Waals surface area contributed by atoms with Crippen molar-refractivity contribution in [2.75, 3.05) is 40.4 Å². The Morgan fingerprint density at radius 3 is 2.03 bits per heavy atom. The van der Waals surface area contributed by atoms with E-state index >= 15 is 0 Å². The van der Waals surface area contributed by atoms with Gasteiger partial charge in [0, 0.05) is 32.2 Å². The number of hydrogen-bond acceptors (Lipinski definition) is 5. The lowest BCUT2D eigenvalue weighted by Crippen LogP contribution is -2.50. The van der Waals surface area contributed by atoms with E-state index in [1.165, 1.54) is 30.7 Å². The average Bonchev–Trinajstić information content (AvgIpc) is 2.89. The first-order valence-electron chi connectivity index (χ1n) is 11.1. The van der Waals surface area contributed by atoms with Crippen LogP contribution < -0.4 is 9.47 Å². The Hall–Kier alpha value is -3.36. The topological polar surface area (TPSA) is 76.2 Å². The summed E-state index contributed by atoms with van der Waals surface area (Å²) in [7, 11) is -0.733. The highest BCUT2D eigenvalue weighted by Gasteiger charge is 2.30. The minimum absolute atomic E-state index is 0.00405. The third-order valence-electron chi connectivity index (χ3n) is 6.00. The van der Waals surface area contributed by atoms with Crippen LogP contribution in [0, 0.1) is 0 Å². The monoisotopic (exact) mass is 480 g/mol. The molecule has 3 aromatic rings. The molecule has 1 heterocycles. The summed E-state index contributed by atoms with van der Waals surface area (Å²) in [6.07, 6.45) is 0.289. The summed E-state index contributed by atoms with van der Waals surface area (Å²) >= 11 is 0. The standard InChI is InChI=1S/C26H28N2O5S/c1-32-24-13-12-23(19-25(24)33-2)34(30,31)28-16-14-27(15-17-28)26(29)18-20-8-10-22(11-9-20)21-6-4-3-5-7-21/h3-13,19H,14-18H2,1-2H3. The molecule has 0 aromatic heterocycles. The van der Waals surface area contributed by atoms with Gasteiger partial charge in [-0.3, -0.25) is 4.79 Å². The van der Waals surface area contributed by atoms with Crippen molar-refractivity contribution in [3.8, 4) is 22.6 Å². The second-order valence-corrected chi connectivity index (χ2v) is 9.98. The van der Waals surface area contributed by atoms with Crippen molar-refractivity contribution in [3.05, 3.63) is 78.4 Å². The Labute approximate surface area is 200 Å². The number of methoxy groups -OCH3 is 2. The average molecular weight is 481 g/mol. The van der Waals surface area contributed by atoms with Crippen molar-refractivity contribution >= 4 is 15.9 Å². The maximum absolute atomic E-state index is 13.1. The lowest BCUT2D eigenvalue weighted by molar-refractivity contribution is -0.131. The molecule has 34 heavy (non-hydrogen) atoms. The van der Waals surface area contributed by atoms with Gasteiger partial charge in [-0.2, -0.15) is 4.31 Å². The van der Waals surface area contributed by atoms with Gasteiger partial charge in [0.2, 0.25) is 15.9 Å². The van der Waals surface area contributed by atoms with E-state index in [-0.39, 0.29) is 30.3 Å². The molecule has 7 nitrogen and oxygen atoms in total. The minimum atomic E-state index is -3.70. The molecular formula is C26H28N2O5S. The van der Waals surface area contributed by atoms with Crippen molar-refractivity contribution in [3.63, 3.8) is 0 Å². The van der Waals surface area contributed by atoms with Gasteiger partial charge in [0.1, 0.15) is 0 Å². The fourth-order valence-corrected chi connectivity index (χ4v) is 5.47. The normalized spacial score (nSPS) is 14.6. The molecule has 1 aliphatic rings. The zero-order chi connectivity index (χ0) is 24.1. The SMILES string of the molecule is COc1ccc(S(=O)(=O)N2CCN(C(=O)Cc3ccc(-c4ccccc4)cc3)CC2)cc1OC. The Bertz CT molecular complexity index is 1240. The Morgan fingerprint density at radius 2 is 1.41 bits per heavy atom. The molecule has 0 spiro atoms. The molecular weight excluding hydrogens is 452 g/mol. The second kappa shape index (κ2) is 10.3. The van der Waals surface area contributed by atoms with Gasteiger partial charge in [0.15, 0.2) is 11.5 Å². The van der Waals surface area contributed by atoms with Gasteiger partial charge in [-0.15, -0.1) is 0 Å². The van der Waals surface area contributed by atoms with Gasteiger partial charge < -0.3 is 14.4 Å². The largest absolute Gasteiger partial charge is 0.493 e. The molecule has 0 radical (unpaired) electrons. The van der Waals surface area contributed by atoms with E-state index in [0.29, 0.717) is 24.6 Å². The number of hydrogen-bond donors (Lipinski definition) is 0. The van der Waals surface area contributed by atoms with Crippen LogP contribution in [0.2, 0.25) is 0 Å². The molecule has 3 aromatic carbocycles. The first-order valence-corrected chi connectivity index (χ1v) is 12.5. The van der Waals surface area contributed by atoms with E-state index in [4.69, 9.17) is 9.47 Å². The molecule has 1 fully saturated rings. The number of benzene rings is 3. The molecule has 1 amide bonds. The molecule has 0 atom stereocenters. The molecule has 1 aliphatic heterocycles. The summed E-state index contributed by atoms with van der Waals surface area (Å²) in [6, 6.07) is 22.6. The summed E-state index contributed by atoms with van der Waals surface area (Å²) in [6.45, 7) is 1.20. The van der Waals surface area contributed by atoms with Crippen molar-refractivity contribution in [2.45, 2.75) is 11.3 Å². The maximum atomic E-state index is 13.1. The van der Waals surface area contributed by atoms with E-state index in [1.807, 2.05) is 42.5 Å². The van der Waals surface area contributed by atoms with Crippen LogP contribution in [0.25, 0.3) is 11.1 Å². The van der Waals surface area contributed by atoms with Crippen LogP contribution in [0.1, 0.15) is 5.56 Å². The number of nitrogens with zero attached hydrogens (tertiary/aromatic N) is 2. The van der Waals surface area contributed by atoms with Crippen molar-refractivity contribution in [1.82, 2.24) is 9.21 Å². The van der Waals surface area contributed by atoms with Crippen LogP contribution in [-0.4, -0.2) is 63.9 Å². The number of amides is 1. The summed E-state index contributed by atoms with van der Waals surface area (Å²) in [4.78, 5) is 14.7.